The fourth-order valence-corrected chi connectivity index (χ4v) is 2.20. The van der Waals surface area contributed by atoms with Crippen LogP contribution in [0.4, 0.5) is 0 Å². The van der Waals surface area contributed by atoms with E-state index in [0.717, 1.165) is 19.3 Å². The van der Waals surface area contributed by atoms with Crippen molar-refractivity contribution in [3.05, 3.63) is 24.3 Å². The molecule has 0 aliphatic rings. The van der Waals surface area contributed by atoms with Crippen molar-refractivity contribution in [2.75, 3.05) is 7.11 Å². The summed E-state index contributed by atoms with van der Waals surface area (Å²) in [6.45, 7) is 2.25. The van der Waals surface area contributed by atoms with Crippen LogP contribution in [0.25, 0.3) is 0 Å². The van der Waals surface area contributed by atoms with Crippen molar-refractivity contribution in [3.8, 4) is 0 Å². The van der Waals surface area contributed by atoms with Crippen molar-refractivity contribution < 1.29 is 9.53 Å². The second-order valence-electron chi connectivity index (χ2n) is 5.59. The number of methoxy groups -OCH3 is 1. The maximum Gasteiger partial charge on any atom is 0.305 e. The molecule has 0 N–H and O–H groups in total. The van der Waals surface area contributed by atoms with E-state index >= 15 is 0 Å². The molecule has 21 heavy (non-hydrogen) atoms. The summed E-state index contributed by atoms with van der Waals surface area (Å²) in [6, 6.07) is 0. The van der Waals surface area contributed by atoms with E-state index in [1.807, 2.05) is 0 Å². The number of rotatable bonds is 14. The minimum absolute atomic E-state index is 0.0839. The Kier molecular flexibility index (Phi) is 16.2. The van der Waals surface area contributed by atoms with E-state index in [2.05, 4.69) is 36.0 Å². The van der Waals surface area contributed by atoms with Crippen molar-refractivity contribution >= 4 is 5.97 Å². The van der Waals surface area contributed by atoms with Gasteiger partial charge in [0.05, 0.1) is 7.11 Å². The number of carbonyl (C=O) groups excluding carboxylic acids is 1. The zero-order chi connectivity index (χ0) is 15.6. The van der Waals surface area contributed by atoms with Gasteiger partial charge in [-0.25, -0.2) is 0 Å². The van der Waals surface area contributed by atoms with Gasteiger partial charge in [0.1, 0.15) is 0 Å². The summed E-state index contributed by atoms with van der Waals surface area (Å²) < 4.78 is 4.61. The molecule has 0 heterocycles. The van der Waals surface area contributed by atoms with Crippen molar-refractivity contribution in [2.24, 2.45) is 0 Å². The van der Waals surface area contributed by atoms with Gasteiger partial charge in [0.25, 0.3) is 0 Å². The minimum Gasteiger partial charge on any atom is -0.469 e. The maximum absolute atomic E-state index is 10.9. The molecule has 0 radical (unpaired) electrons. The zero-order valence-electron chi connectivity index (χ0n) is 14.1. The number of allylic oxidation sites excluding steroid dienone is 4. The van der Waals surface area contributed by atoms with Gasteiger partial charge in [0.2, 0.25) is 0 Å². The molecule has 0 amide bonds. The number of hydrogen-bond donors (Lipinski definition) is 0. The largest absolute Gasteiger partial charge is 0.469 e. The fourth-order valence-electron chi connectivity index (χ4n) is 2.20. The Morgan fingerprint density at radius 1 is 0.810 bits per heavy atom. The highest BCUT2D eigenvalue weighted by Crippen LogP contribution is 2.08. The molecule has 0 spiro atoms. The van der Waals surface area contributed by atoms with Crippen molar-refractivity contribution in [2.45, 2.75) is 84.0 Å². The lowest BCUT2D eigenvalue weighted by atomic mass is 10.1. The third kappa shape index (κ3) is 16.9. The maximum atomic E-state index is 10.9. The summed E-state index contributed by atoms with van der Waals surface area (Å²) in [4.78, 5) is 10.9. The molecule has 0 unspecified atom stereocenters. The van der Waals surface area contributed by atoms with Gasteiger partial charge in [0, 0.05) is 6.42 Å². The quantitative estimate of drug-likeness (QED) is 0.224. The van der Waals surface area contributed by atoms with Gasteiger partial charge in [0.15, 0.2) is 0 Å². The van der Waals surface area contributed by atoms with E-state index in [0.29, 0.717) is 6.42 Å². The van der Waals surface area contributed by atoms with E-state index in [4.69, 9.17) is 0 Å². The van der Waals surface area contributed by atoms with Crippen molar-refractivity contribution in [1.29, 1.82) is 0 Å². The second kappa shape index (κ2) is 17.0. The highest BCUT2D eigenvalue weighted by Gasteiger charge is 1.98. The lowest BCUT2D eigenvalue weighted by Gasteiger charge is -1.99. The van der Waals surface area contributed by atoms with Gasteiger partial charge < -0.3 is 4.74 Å². The topological polar surface area (TPSA) is 26.3 Å². The van der Waals surface area contributed by atoms with Gasteiger partial charge in [-0.3, -0.25) is 4.79 Å². The molecule has 0 saturated carbocycles. The van der Waals surface area contributed by atoms with Crippen LogP contribution in [0.1, 0.15) is 84.0 Å². The molecule has 0 aliphatic heterocycles. The lowest BCUT2D eigenvalue weighted by molar-refractivity contribution is -0.140. The number of unbranched alkanes of at least 4 members (excludes halogenated alkanes) is 9. The average molecular weight is 294 g/mol. The first-order chi connectivity index (χ1) is 10.3. The normalized spacial score (nSPS) is 11.5. The Morgan fingerprint density at radius 2 is 1.33 bits per heavy atom. The van der Waals surface area contributed by atoms with Gasteiger partial charge >= 0.3 is 5.97 Å². The molecule has 0 fully saturated rings. The molecule has 2 heteroatoms. The molecule has 0 aliphatic carbocycles. The molecule has 0 rings (SSSR count). The molecule has 0 saturated heterocycles. The molecule has 0 aromatic heterocycles. The Morgan fingerprint density at radius 3 is 1.90 bits per heavy atom. The molecular formula is C19H34O2. The molecule has 2 nitrogen and oxygen atoms in total. The Balaban J connectivity index is 3.21. The predicted molar refractivity (Wildman–Crippen MR) is 91.4 cm³/mol. The number of hydrogen-bond acceptors (Lipinski definition) is 2. The van der Waals surface area contributed by atoms with Gasteiger partial charge in [-0.1, -0.05) is 69.8 Å². The van der Waals surface area contributed by atoms with Gasteiger partial charge in [-0.2, -0.15) is 0 Å². The van der Waals surface area contributed by atoms with Crippen LogP contribution >= 0.6 is 0 Å². The lowest BCUT2D eigenvalue weighted by Crippen LogP contribution is -1.98. The first-order valence-corrected chi connectivity index (χ1v) is 8.69. The molecule has 0 aromatic rings. The number of carbonyl (C=O) groups is 1. The van der Waals surface area contributed by atoms with Gasteiger partial charge in [-0.05, 0) is 32.1 Å². The number of ether oxygens (including phenoxy) is 1. The van der Waals surface area contributed by atoms with Crippen LogP contribution in [-0.4, -0.2) is 13.1 Å². The van der Waals surface area contributed by atoms with Crippen molar-refractivity contribution in [3.63, 3.8) is 0 Å². The van der Waals surface area contributed by atoms with E-state index in [1.54, 1.807) is 0 Å². The third-order valence-corrected chi connectivity index (χ3v) is 3.59. The molecule has 0 bridgehead atoms. The van der Waals surface area contributed by atoms with Crippen LogP contribution < -0.4 is 0 Å². The summed E-state index contributed by atoms with van der Waals surface area (Å²) in [5, 5.41) is 0. The fraction of sp³-hybridized carbons (Fsp3) is 0.737. The van der Waals surface area contributed by atoms with E-state index < -0.39 is 0 Å². The Labute approximate surface area is 131 Å². The van der Waals surface area contributed by atoms with Crippen LogP contribution in [0.3, 0.4) is 0 Å². The second-order valence-corrected chi connectivity index (χ2v) is 5.59. The zero-order valence-corrected chi connectivity index (χ0v) is 14.1. The molecule has 0 atom stereocenters. The van der Waals surface area contributed by atoms with Crippen LogP contribution in [0.5, 0.6) is 0 Å². The SMILES string of the molecule is CCCCCCC=CC=CCCCCCCCC(=O)OC. The summed E-state index contributed by atoms with van der Waals surface area (Å²) in [5.41, 5.74) is 0. The number of esters is 1. The monoisotopic (exact) mass is 294 g/mol. The van der Waals surface area contributed by atoms with Crippen LogP contribution in [0.2, 0.25) is 0 Å². The molecule has 122 valence electrons. The van der Waals surface area contributed by atoms with Crippen LogP contribution in [-0.2, 0) is 9.53 Å². The summed E-state index contributed by atoms with van der Waals surface area (Å²) in [6.07, 6.45) is 23.0. The first-order valence-electron chi connectivity index (χ1n) is 8.69. The summed E-state index contributed by atoms with van der Waals surface area (Å²) in [7, 11) is 1.45. The van der Waals surface area contributed by atoms with Crippen LogP contribution in [0.15, 0.2) is 24.3 Å². The highest BCUT2D eigenvalue weighted by atomic mass is 16.5. The van der Waals surface area contributed by atoms with Crippen LogP contribution in [0, 0.1) is 0 Å². The standard InChI is InChI=1S/C19H34O2/c1-3-4-5-6-7-8-9-10-11-12-13-14-15-16-17-18-19(20)21-2/h8-11H,3-7,12-18H2,1-2H3. The Bertz CT molecular complexity index is 279. The smallest absolute Gasteiger partial charge is 0.305 e. The van der Waals surface area contributed by atoms with Crippen molar-refractivity contribution in [1.82, 2.24) is 0 Å². The Hall–Kier alpha value is -1.05. The first kappa shape index (κ1) is 19.9. The predicted octanol–water partition coefficient (Wildman–Crippen LogP) is 5.97. The summed E-state index contributed by atoms with van der Waals surface area (Å²) >= 11 is 0. The molecule has 0 aromatic carbocycles. The van der Waals surface area contributed by atoms with E-state index in [9.17, 15) is 4.79 Å². The average Bonchev–Trinajstić information content (AvgIpc) is 2.50. The third-order valence-electron chi connectivity index (χ3n) is 3.59. The molecular weight excluding hydrogens is 260 g/mol. The highest BCUT2D eigenvalue weighted by molar-refractivity contribution is 5.68. The summed E-state index contributed by atoms with van der Waals surface area (Å²) in [5.74, 6) is -0.0839. The van der Waals surface area contributed by atoms with Gasteiger partial charge in [-0.15, -0.1) is 0 Å². The minimum atomic E-state index is -0.0839. The van der Waals surface area contributed by atoms with E-state index in [1.165, 1.54) is 58.5 Å². The van der Waals surface area contributed by atoms with E-state index in [-0.39, 0.29) is 5.97 Å².